The Morgan fingerprint density at radius 3 is 2.40 bits per heavy atom. The van der Waals surface area contributed by atoms with Crippen LogP contribution in [-0.2, 0) is 0 Å². The van der Waals surface area contributed by atoms with E-state index >= 15 is 0 Å². The van der Waals surface area contributed by atoms with Crippen LogP contribution in [0.2, 0.25) is 0 Å². The third-order valence-corrected chi connectivity index (χ3v) is 2.85. The van der Waals surface area contributed by atoms with Gasteiger partial charge < -0.3 is 0 Å². The molecule has 0 unspecified atom stereocenters. The topological polar surface area (TPSA) is 0 Å². The molecule has 2 aromatic carbocycles. The second-order valence-corrected chi connectivity index (χ2v) is 3.97. The van der Waals surface area contributed by atoms with Crippen molar-refractivity contribution in [3.05, 3.63) is 53.8 Å². The summed E-state index contributed by atoms with van der Waals surface area (Å²) < 4.78 is 13.7. The fraction of sp³-hybridized carbons (Fsp3) is 0.0769. The molecule has 0 nitrogen and oxygen atoms in total. The van der Waals surface area contributed by atoms with Crippen LogP contribution < -0.4 is 0 Å². The molecule has 0 aromatic heterocycles. The van der Waals surface area contributed by atoms with Crippen molar-refractivity contribution in [1.29, 1.82) is 0 Å². The minimum Gasteiger partial charge on any atom is -0.206 e. The number of aryl methyl sites for hydroxylation is 1. The lowest BCUT2D eigenvalue weighted by atomic mass is 10.0. The summed E-state index contributed by atoms with van der Waals surface area (Å²) in [5.41, 5.74) is 2.34. The van der Waals surface area contributed by atoms with Crippen LogP contribution in [0.4, 0.5) is 4.39 Å². The van der Waals surface area contributed by atoms with Gasteiger partial charge in [0, 0.05) is 10.5 Å². The van der Waals surface area contributed by atoms with Crippen molar-refractivity contribution < 1.29 is 4.39 Å². The lowest BCUT2D eigenvalue weighted by Gasteiger charge is -2.06. The van der Waals surface area contributed by atoms with Gasteiger partial charge in [-0.15, -0.1) is 12.6 Å². The number of hydrogen-bond donors (Lipinski definition) is 1. The van der Waals surface area contributed by atoms with Gasteiger partial charge in [0.15, 0.2) is 0 Å². The Morgan fingerprint density at radius 2 is 1.73 bits per heavy atom. The number of thiol groups is 1. The zero-order valence-corrected chi connectivity index (χ0v) is 9.26. The zero-order chi connectivity index (χ0) is 10.8. The van der Waals surface area contributed by atoms with Crippen LogP contribution in [-0.4, -0.2) is 0 Å². The fourth-order valence-electron chi connectivity index (χ4n) is 1.50. The van der Waals surface area contributed by atoms with E-state index in [1.165, 1.54) is 6.07 Å². The van der Waals surface area contributed by atoms with E-state index in [4.69, 9.17) is 0 Å². The molecule has 0 heterocycles. The molecule has 2 heteroatoms. The van der Waals surface area contributed by atoms with E-state index in [2.05, 4.69) is 12.6 Å². The normalized spacial score (nSPS) is 10.3. The quantitative estimate of drug-likeness (QED) is 0.685. The van der Waals surface area contributed by atoms with Crippen LogP contribution in [0.3, 0.4) is 0 Å². The van der Waals surface area contributed by atoms with Gasteiger partial charge >= 0.3 is 0 Å². The molecule has 0 atom stereocenters. The third kappa shape index (κ3) is 2.05. The van der Waals surface area contributed by atoms with E-state index in [0.29, 0.717) is 5.56 Å². The van der Waals surface area contributed by atoms with Gasteiger partial charge in [0.2, 0.25) is 0 Å². The Labute approximate surface area is 94.2 Å². The average Bonchev–Trinajstić information content (AvgIpc) is 2.25. The van der Waals surface area contributed by atoms with E-state index in [9.17, 15) is 4.39 Å². The molecule has 0 saturated carbocycles. The summed E-state index contributed by atoms with van der Waals surface area (Å²) in [5, 5.41) is 0. The first-order valence-electron chi connectivity index (χ1n) is 4.73. The standard InChI is InChI=1S/C13H11FS/c1-9-7-12(14)11(8-13(9)15)10-5-3-2-4-6-10/h2-8,15H,1H3. The molecule has 0 N–H and O–H groups in total. The van der Waals surface area contributed by atoms with Gasteiger partial charge in [0.1, 0.15) is 5.82 Å². The number of rotatable bonds is 1. The van der Waals surface area contributed by atoms with Crippen molar-refractivity contribution in [1.82, 2.24) is 0 Å². The molecule has 2 aromatic rings. The highest BCUT2D eigenvalue weighted by molar-refractivity contribution is 7.80. The molecule has 15 heavy (non-hydrogen) atoms. The molecule has 0 amide bonds. The molecule has 0 aliphatic rings. The summed E-state index contributed by atoms with van der Waals surface area (Å²) in [6.07, 6.45) is 0. The van der Waals surface area contributed by atoms with Crippen LogP contribution in [0.5, 0.6) is 0 Å². The summed E-state index contributed by atoms with van der Waals surface area (Å²) in [6, 6.07) is 12.8. The van der Waals surface area contributed by atoms with E-state index in [-0.39, 0.29) is 5.82 Å². The van der Waals surface area contributed by atoms with Crippen LogP contribution in [0.25, 0.3) is 11.1 Å². The lowest BCUT2D eigenvalue weighted by molar-refractivity contribution is 0.628. The van der Waals surface area contributed by atoms with Crippen molar-refractivity contribution in [2.24, 2.45) is 0 Å². The molecular formula is C13H11FS. The van der Waals surface area contributed by atoms with Crippen molar-refractivity contribution in [3.63, 3.8) is 0 Å². The van der Waals surface area contributed by atoms with Crippen LogP contribution in [0.15, 0.2) is 47.4 Å². The van der Waals surface area contributed by atoms with Gasteiger partial charge in [0.25, 0.3) is 0 Å². The number of hydrogen-bond acceptors (Lipinski definition) is 1. The SMILES string of the molecule is Cc1cc(F)c(-c2ccccc2)cc1S. The highest BCUT2D eigenvalue weighted by Crippen LogP contribution is 2.27. The molecular weight excluding hydrogens is 207 g/mol. The second-order valence-electron chi connectivity index (χ2n) is 3.48. The van der Waals surface area contributed by atoms with Gasteiger partial charge in [-0.3, -0.25) is 0 Å². The third-order valence-electron chi connectivity index (χ3n) is 2.37. The van der Waals surface area contributed by atoms with E-state index in [0.717, 1.165) is 16.0 Å². The maximum Gasteiger partial charge on any atom is 0.131 e. The first kappa shape index (κ1) is 10.2. The van der Waals surface area contributed by atoms with Crippen LogP contribution >= 0.6 is 12.6 Å². The Hall–Kier alpha value is -1.28. The zero-order valence-electron chi connectivity index (χ0n) is 8.37. The Bertz CT molecular complexity index is 477. The molecule has 0 spiro atoms. The smallest absolute Gasteiger partial charge is 0.131 e. The second kappa shape index (κ2) is 4.07. The first-order valence-corrected chi connectivity index (χ1v) is 5.18. The highest BCUT2D eigenvalue weighted by atomic mass is 32.1. The average molecular weight is 218 g/mol. The number of halogens is 1. The van der Waals surface area contributed by atoms with Crippen LogP contribution in [0, 0.1) is 12.7 Å². The van der Waals surface area contributed by atoms with Crippen molar-refractivity contribution in [2.75, 3.05) is 0 Å². The summed E-state index contributed by atoms with van der Waals surface area (Å²) >= 11 is 4.30. The van der Waals surface area contributed by atoms with Gasteiger partial charge in [-0.25, -0.2) is 4.39 Å². The lowest BCUT2D eigenvalue weighted by Crippen LogP contribution is -1.87. The van der Waals surface area contributed by atoms with Gasteiger partial charge in [0.05, 0.1) is 0 Å². The summed E-state index contributed by atoms with van der Waals surface area (Å²) in [7, 11) is 0. The molecule has 0 aliphatic carbocycles. The minimum atomic E-state index is -0.198. The molecule has 0 fully saturated rings. The first-order chi connectivity index (χ1) is 7.18. The monoisotopic (exact) mass is 218 g/mol. The van der Waals surface area contributed by atoms with Crippen molar-refractivity contribution >= 4 is 12.6 Å². The molecule has 0 aliphatic heterocycles. The van der Waals surface area contributed by atoms with Gasteiger partial charge in [-0.05, 0) is 30.2 Å². The molecule has 2 rings (SSSR count). The molecule has 0 saturated heterocycles. The molecule has 0 bridgehead atoms. The van der Waals surface area contributed by atoms with Gasteiger partial charge in [-0.2, -0.15) is 0 Å². The number of benzene rings is 2. The summed E-state index contributed by atoms with van der Waals surface area (Å²) in [5.74, 6) is -0.198. The van der Waals surface area contributed by atoms with E-state index in [1.54, 1.807) is 6.07 Å². The van der Waals surface area contributed by atoms with Crippen molar-refractivity contribution in [2.45, 2.75) is 11.8 Å². The fourth-order valence-corrected chi connectivity index (χ4v) is 1.69. The van der Waals surface area contributed by atoms with E-state index < -0.39 is 0 Å². The largest absolute Gasteiger partial charge is 0.206 e. The summed E-state index contributed by atoms with van der Waals surface area (Å²) in [6.45, 7) is 1.85. The predicted molar refractivity (Wildman–Crippen MR) is 63.8 cm³/mol. The maximum atomic E-state index is 13.7. The summed E-state index contributed by atoms with van der Waals surface area (Å²) in [4.78, 5) is 0.815. The van der Waals surface area contributed by atoms with E-state index in [1.807, 2.05) is 37.3 Å². The molecule has 76 valence electrons. The Morgan fingerprint density at radius 1 is 1.07 bits per heavy atom. The predicted octanol–water partition coefficient (Wildman–Crippen LogP) is 4.09. The maximum absolute atomic E-state index is 13.7. The highest BCUT2D eigenvalue weighted by Gasteiger charge is 2.06. The minimum absolute atomic E-state index is 0.198. The van der Waals surface area contributed by atoms with Crippen molar-refractivity contribution in [3.8, 4) is 11.1 Å². The Kier molecular flexibility index (Phi) is 2.78. The molecule has 0 radical (unpaired) electrons. The van der Waals surface area contributed by atoms with Crippen LogP contribution in [0.1, 0.15) is 5.56 Å². The Balaban J connectivity index is 2.59. The van der Waals surface area contributed by atoms with Gasteiger partial charge in [-0.1, -0.05) is 30.3 Å².